The van der Waals surface area contributed by atoms with Crippen molar-refractivity contribution in [1.29, 1.82) is 0 Å². The summed E-state index contributed by atoms with van der Waals surface area (Å²) in [6.45, 7) is 0. The highest BCUT2D eigenvalue weighted by molar-refractivity contribution is 7.90. The number of carbonyl (C=O) groups excluding carboxylic acids is 2. The number of benzene rings is 4. The van der Waals surface area contributed by atoms with Crippen molar-refractivity contribution in [2.45, 2.75) is 4.90 Å². The van der Waals surface area contributed by atoms with E-state index in [9.17, 15) is 18.0 Å². The monoisotopic (exact) mass is 445 g/mol. The van der Waals surface area contributed by atoms with E-state index in [2.05, 4.69) is 15.4 Å². The molecule has 7 nitrogen and oxygen atoms in total. The molecule has 0 aliphatic rings. The van der Waals surface area contributed by atoms with E-state index in [0.717, 1.165) is 10.8 Å². The average molecular weight is 446 g/mol. The van der Waals surface area contributed by atoms with Gasteiger partial charge in [0.1, 0.15) is 0 Å². The zero-order valence-electron chi connectivity index (χ0n) is 16.8. The van der Waals surface area contributed by atoms with Crippen LogP contribution in [0.25, 0.3) is 10.8 Å². The van der Waals surface area contributed by atoms with Crippen LogP contribution >= 0.6 is 0 Å². The van der Waals surface area contributed by atoms with Crippen molar-refractivity contribution in [3.8, 4) is 0 Å². The molecule has 0 atom stereocenters. The summed E-state index contributed by atoms with van der Waals surface area (Å²) in [4.78, 5) is 24.5. The molecular weight excluding hydrogens is 426 g/mol. The number of hydrogen-bond donors (Lipinski definition) is 3. The van der Waals surface area contributed by atoms with E-state index >= 15 is 0 Å². The van der Waals surface area contributed by atoms with Crippen LogP contribution in [-0.4, -0.2) is 20.4 Å². The minimum Gasteiger partial charge on any atom is -0.308 e. The summed E-state index contributed by atoms with van der Waals surface area (Å²) >= 11 is 0. The molecule has 0 heterocycles. The number of urea groups is 1. The Bertz CT molecular complexity index is 1390. The smallest absolute Gasteiger partial charge is 0.308 e. The first kappa shape index (κ1) is 21.1. The molecule has 4 rings (SSSR count). The van der Waals surface area contributed by atoms with Crippen molar-refractivity contribution in [3.63, 3.8) is 0 Å². The lowest BCUT2D eigenvalue weighted by atomic mass is 10.1. The zero-order chi connectivity index (χ0) is 22.6. The molecular formula is C24H19N3O4S. The normalized spacial score (nSPS) is 11.0. The highest BCUT2D eigenvalue weighted by atomic mass is 32.2. The van der Waals surface area contributed by atoms with Crippen LogP contribution in [-0.2, 0) is 10.0 Å². The van der Waals surface area contributed by atoms with Gasteiger partial charge >= 0.3 is 6.03 Å². The maximum atomic E-state index is 12.6. The average Bonchev–Trinajstić information content (AvgIpc) is 2.79. The topological polar surface area (TPSA) is 104 Å². The predicted molar refractivity (Wildman–Crippen MR) is 124 cm³/mol. The second-order valence-corrected chi connectivity index (χ2v) is 8.65. The van der Waals surface area contributed by atoms with E-state index < -0.39 is 22.0 Å². The van der Waals surface area contributed by atoms with Crippen LogP contribution in [0.3, 0.4) is 0 Å². The van der Waals surface area contributed by atoms with Crippen molar-refractivity contribution in [2.75, 3.05) is 10.6 Å². The first-order chi connectivity index (χ1) is 15.4. The van der Waals surface area contributed by atoms with Crippen LogP contribution in [0.5, 0.6) is 0 Å². The lowest BCUT2D eigenvalue weighted by Crippen LogP contribution is -2.30. The van der Waals surface area contributed by atoms with Gasteiger partial charge < -0.3 is 10.6 Å². The summed E-state index contributed by atoms with van der Waals surface area (Å²) in [5.74, 6) is -0.722. The van der Waals surface area contributed by atoms with Gasteiger partial charge in [0.25, 0.3) is 15.9 Å². The van der Waals surface area contributed by atoms with Gasteiger partial charge in [0.15, 0.2) is 0 Å². The van der Waals surface area contributed by atoms with Gasteiger partial charge in [-0.25, -0.2) is 17.9 Å². The van der Waals surface area contributed by atoms with E-state index in [1.54, 1.807) is 42.5 Å². The van der Waals surface area contributed by atoms with Gasteiger partial charge in [0, 0.05) is 16.9 Å². The minimum atomic E-state index is -4.08. The number of amides is 3. The Balaban J connectivity index is 1.43. The number of nitrogens with one attached hydrogen (secondary N) is 3. The standard InChI is InChI=1S/C24H19N3O4S/c28-23(19-11-10-17-6-4-5-7-18(17)16-19)27-32(30,31)22-14-12-21(13-15-22)26-24(29)25-20-8-2-1-3-9-20/h1-16H,(H,27,28)(H2,25,26,29). The van der Waals surface area contributed by atoms with Crippen molar-refractivity contribution >= 4 is 44.1 Å². The largest absolute Gasteiger partial charge is 0.323 e. The molecule has 3 N–H and O–H groups in total. The molecule has 3 amide bonds. The maximum Gasteiger partial charge on any atom is 0.323 e. The molecule has 4 aromatic carbocycles. The van der Waals surface area contributed by atoms with Crippen LogP contribution in [0.15, 0.2) is 102 Å². The maximum absolute atomic E-state index is 12.6. The molecule has 0 aliphatic heterocycles. The Kier molecular flexibility index (Phi) is 5.87. The SMILES string of the molecule is O=C(Nc1ccccc1)Nc1ccc(S(=O)(=O)NC(=O)c2ccc3ccccc3c2)cc1. The van der Waals surface area contributed by atoms with Crippen molar-refractivity contribution < 1.29 is 18.0 Å². The Morgan fingerprint density at radius 3 is 1.91 bits per heavy atom. The van der Waals surface area contributed by atoms with Crippen LogP contribution in [0, 0.1) is 0 Å². The lowest BCUT2D eigenvalue weighted by molar-refractivity contribution is 0.0981. The zero-order valence-corrected chi connectivity index (χ0v) is 17.6. The summed E-state index contributed by atoms with van der Waals surface area (Å²) in [6, 6.07) is 26.4. The molecule has 160 valence electrons. The molecule has 0 bridgehead atoms. The van der Waals surface area contributed by atoms with E-state index in [1.807, 2.05) is 30.3 Å². The Morgan fingerprint density at radius 1 is 0.625 bits per heavy atom. The molecule has 0 aromatic heterocycles. The number of anilines is 2. The Morgan fingerprint density at radius 2 is 1.22 bits per heavy atom. The Hall–Kier alpha value is -4.17. The third-order valence-electron chi connectivity index (χ3n) is 4.69. The number of rotatable bonds is 5. The van der Waals surface area contributed by atoms with Crippen molar-refractivity contribution in [1.82, 2.24) is 4.72 Å². The van der Waals surface area contributed by atoms with Gasteiger partial charge in [-0.15, -0.1) is 0 Å². The molecule has 0 spiro atoms. The van der Waals surface area contributed by atoms with Gasteiger partial charge in [-0.05, 0) is 59.3 Å². The van der Waals surface area contributed by atoms with Crippen LogP contribution in [0.2, 0.25) is 0 Å². The number of sulfonamides is 1. The highest BCUT2D eigenvalue weighted by Crippen LogP contribution is 2.18. The summed E-state index contributed by atoms with van der Waals surface area (Å²) in [5, 5.41) is 7.07. The fourth-order valence-electron chi connectivity index (χ4n) is 3.10. The Labute approximate surface area is 185 Å². The first-order valence-corrected chi connectivity index (χ1v) is 11.2. The van der Waals surface area contributed by atoms with Crippen molar-refractivity contribution in [2.24, 2.45) is 0 Å². The van der Waals surface area contributed by atoms with E-state index in [0.29, 0.717) is 11.4 Å². The number of para-hydroxylation sites is 1. The third kappa shape index (κ3) is 4.93. The molecule has 0 saturated carbocycles. The summed E-state index contributed by atoms with van der Waals surface area (Å²) in [5.41, 5.74) is 1.27. The third-order valence-corrected chi connectivity index (χ3v) is 6.04. The van der Waals surface area contributed by atoms with E-state index in [1.165, 1.54) is 24.3 Å². The second kappa shape index (κ2) is 8.91. The number of carbonyl (C=O) groups is 2. The van der Waals surface area contributed by atoms with Crippen LogP contribution in [0.4, 0.5) is 16.2 Å². The molecule has 0 fully saturated rings. The van der Waals surface area contributed by atoms with E-state index in [4.69, 9.17) is 0 Å². The highest BCUT2D eigenvalue weighted by Gasteiger charge is 2.19. The lowest BCUT2D eigenvalue weighted by Gasteiger charge is -2.10. The summed E-state index contributed by atoms with van der Waals surface area (Å²) in [6.07, 6.45) is 0. The summed E-state index contributed by atoms with van der Waals surface area (Å²) in [7, 11) is -4.08. The van der Waals surface area contributed by atoms with Gasteiger partial charge in [-0.2, -0.15) is 0 Å². The molecule has 8 heteroatoms. The first-order valence-electron chi connectivity index (χ1n) is 9.70. The molecule has 0 unspecified atom stereocenters. The summed E-state index contributed by atoms with van der Waals surface area (Å²) < 4.78 is 27.3. The van der Waals surface area contributed by atoms with Gasteiger partial charge in [-0.1, -0.05) is 48.5 Å². The predicted octanol–water partition coefficient (Wildman–Crippen LogP) is 4.60. The van der Waals surface area contributed by atoms with E-state index in [-0.39, 0.29) is 10.5 Å². The van der Waals surface area contributed by atoms with Crippen LogP contribution < -0.4 is 15.4 Å². The fraction of sp³-hybridized carbons (Fsp3) is 0. The van der Waals surface area contributed by atoms with Crippen molar-refractivity contribution in [3.05, 3.63) is 103 Å². The number of fused-ring (bicyclic) bond motifs is 1. The quantitative estimate of drug-likeness (QED) is 0.417. The van der Waals surface area contributed by atoms with Crippen LogP contribution in [0.1, 0.15) is 10.4 Å². The minimum absolute atomic E-state index is 0.0966. The van der Waals surface area contributed by atoms with Gasteiger partial charge in [0.2, 0.25) is 0 Å². The van der Waals surface area contributed by atoms with Gasteiger partial charge in [-0.3, -0.25) is 4.79 Å². The fourth-order valence-corrected chi connectivity index (χ4v) is 4.08. The molecule has 0 radical (unpaired) electrons. The molecule has 0 saturated heterocycles. The molecule has 4 aromatic rings. The molecule has 32 heavy (non-hydrogen) atoms. The number of hydrogen-bond acceptors (Lipinski definition) is 4. The molecule has 0 aliphatic carbocycles. The van der Waals surface area contributed by atoms with Gasteiger partial charge in [0.05, 0.1) is 4.90 Å². The second-order valence-electron chi connectivity index (χ2n) is 6.97.